The van der Waals surface area contributed by atoms with E-state index in [4.69, 9.17) is 9.15 Å². The fourth-order valence-corrected chi connectivity index (χ4v) is 3.39. The summed E-state index contributed by atoms with van der Waals surface area (Å²) in [5, 5.41) is 0. The number of piperidine rings is 1. The minimum atomic E-state index is -0.663. The zero-order valence-electron chi connectivity index (χ0n) is 14.7. The standard InChI is InChI=1S/C19H24F2N2O2/c1-13-18(12-23-9-4-3-5-15(23)8-10-24-2)22-19(25-13)16-7-6-14(20)11-17(16)21/h6-7,11,15H,3-5,8-10,12H2,1-2H3/t15-/m1/s1. The van der Waals surface area contributed by atoms with Gasteiger partial charge in [-0.25, -0.2) is 13.8 Å². The number of oxazole rings is 1. The molecular weight excluding hydrogens is 326 g/mol. The van der Waals surface area contributed by atoms with Gasteiger partial charge in [0.2, 0.25) is 5.89 Å². The van der Waals surface area contributed by atoms with Crippen molar-refractivity contribution in [3.63, 3.8) is 0 Å². The van der Waals surface area contributed by atoms with Crippen LogP contribution in [0.3, 0.4) is 0 Å². The highest BCUT2D eigenvalue weighted by atomic mass is 19.1. The van der Waals surface area contributed by atoms with Crippen LogP contribution in [-0.4, -0.2) is 36.2 Å². The second-order valence-electron chi connectivity index (χ2n) is 6.55. The molecule has 136 valence electrons. The second-order valence-corrected chi connectivity index (χ2v) is 6.55. The van der Waals surface area contributed by atoms with Crippen molar-refractivity contribution in [1.29, 1.82) is 0 Å². The van der Waals surface area contributed by atoms with Crippen LogP contribution in [0.5, 0.6) is 0 Å². The van der Waals surface area contributed by atoms with Gasteiger partial charge >= 0.3 is 0 Å². The number of aryl methyl sites for hydroxylation is 1. The molecular formula is C19H24F2N2O2. The first-order valence-electron chi connectivity index (χ1n) is 8.73. The Morgan fingerprint density at radius 2 is 2.16 bits per heavy atom. The molecule has 3 rings (SSSR count). The molecule has 6 heteroatoms. The predicted molar refractivity (Wildman–Crippen MR) is 91.1 cm³/mol. The topological polar surface area (TPSA) is 38.5 Å². The smallest absolute Gasteiger partial charge is 0.229 e. The SMILES string of the molecule is COCC[C@H]1CCCCN1Cc1nc(-c2ccc(F)cc2F)oc1C. The first-order chi connectivity index (χ1) is 12.1. The lowest BCUT2D eigenvalue weighted by molar-refractivity contribution is 0.0961. The highest BCUT2D eigenvalue weighted by molar-refractivity contribution is 5.54. The Balaban J connectivity index is 1.77. The number of methoxy groups -OCH3 is 1. The van der Waals surface area contributed by atoms with E-state index in [1.165, 1.54) is 25.0 Å². The van der Waals surface area contributed by atoms with Gasteiger partial charge in [-0.1, -0.05) is 6.42 Å². The van der Waals surface area contributed by atoms with Gasteiger partial charge in [-0.3, -0.25) is 4.90 Å². The quantitative estimate of drug-likeness (QED) is 0.778. The summed E-state index contributed by atoms with van der Waals surface area (Å²) >= 11 is 0. The van der Waals surface area contributed by atoms with Crippen molar-refractivity contribution in [2.45, 2.75) is 45.2 Å². The fraction of sp³-hybridized carbons (Fsp3) is 0.526. The number of aromatic nitrogens is 1. The summed E-state index contributed by atoms with van der Waals surface area (Å²) in [4.78, 5) is 6.88. The Labute approximate surface area is 146 Å². The average Bonchev–Trinajstić information content (AvgIpc) is 2.94. The molecule has 2 heterocycles. The van der Waals surface area contributed by atoms with Crippen LogP contribution in [-0.2, 0) is 11.3 Å². The lowest BCUT2D eigenvalue weighted by Gasteiger charge is -2.35. The first-order valence-corrected chi connectivity index (χ1v) is 8.73. The number of ether oxygens (including phenoxy) is 1. The van der Waals surface area contributed by atoms with Gasteiger partial charge in [0.25, 0.3) is 0 Å². The highest BCUT2D eigenvalue weighted by Crippen LogP contribution is 2.27. The normalized spacial score (nSPS) is 18.6. The Bertz CT molecular complexity index is 717. The Morgan fingerprint density at radius 3 is 2.92 bits per heavy atom. The van der Waals surface area contributed by atoms with Crippen molar-refractivity contribution in [3.8, 4) is 11.5 Å². The van der Waals surface area contributed by atoms with Gasteiger partial charge < -0.3 is 9.15 Å². The van der Waals surface area contributed by atoms with E-state index in [1.54, 1.807) is 7.11 Å². The van der Waals surface area contributed by atoms with Gasteiger partial charge in [0.15, 0.2) is 0 Å². The van der Waals surface area contributed by atoms with E-state index in [9.17, 15) is 8.78 Å². The molecule has 0 unspecified atom stereocenters. The minimum absolute atomic E-state index is 0.185. The third kappa shape index (κ3) is 4.25. The minimum Gasteiger partial charge on any atom is -0.441 e. The molecule has 1 atom stereocenters. The zero-order valence-corrected chi connectivity index (χ0v) is 14.7. The molecule has 1 aromatic carbocycles. The average molecular weight is 350 g/mol. The molecule has 0 amide bonds. The van der Waals surface area contributed by atoms with Crippen molar-refractivity contribution in [1.82, 2.24) is 9.88 Å². The fourth-order valence-electron chi connectivity index (χ4n) is 3.39. The Hall–Kier alpha value is -1.79. The molecule has 25 heavy (non-hydrogen) atoms. The molecule has 0 bridgehead atoms. The van der Waals surface area contributed by atoms with E-state index < -0.39 is 11.6 Å². The molecule has 0 aliphatic carbocycles. The molecule has 4 nitrogen and oxygen atoms in total. The second kappa shape index (κ2) is 8.06. The van der Waals surface area contributed by atoms with Gasteiger partial charge in [0, 0.05) is 32.4 Å². The number of nitrogens with zero attached hydrogens (tertiary/aromatic N) is 2. The number of hydrogen-bond donors (Lipinski definition) is 0. The molecule has 1 saturated heterocycles. The number of likely N-dealkylation sites (tertiary alicyclic amines) is 1. The molecule has 0 N–H and O–H groups in total. The van der Waals surface area contributed by atoms with Crippen LogP contribution < -0.4 is 0 Å². The predicted octanol–water partition coefficient (Wildman–Crippen LogP) is 4.32. The van der Waals surface area contributed by atoms with Crippen LogP contribution >= 0.6 is 0 Å². The monoisotopic (exact) mass is 350 g/mol. The van der Waals surface area contributed by atoms with Crippen LogP contribution in [0, 0.1) is 18.6 Å². The van der Waals surface area contributed by atoms with Crippen molar-refractivity contribution in [2.24, 2.45) is 0 Å². The van der Waals surface area contributed by atoms with Gasteiger partial charge in [0.05, 0.1) is 11.3 Å². The molecule has 2 aromatic rings. The summed E-state index contributed by atoms with van der Waals surface area (Å²) in [7, 11) is 1.72. The lowest BCUT2D eigenvalue weighted by atomic mass is 9.99. The zero-order chi connectivity index (χ0) is 17.8. The largest absolute Gasteiger partial charge is 0.441 e. The van der Waals surface area contributed by atoms with Gasteiger partial charge in [-0.05, 0) is 44.9 Å². The molecule has 0 radical (unpaired) electrons. The third-order valence-electron chi connectivity index (χ3n) is 4.81. The van der Waals surface area contributed by atoms with E-state index in [-0.39, 0.29) is 11.5 Å². The molecule has 0 spiro atoms. The van der Waals surface area contributed by atoms with Crippen LogP contribution in [0.4, 0.5) is 8.78 Å². The summed E-state index contributed by atoms with van der Waals surface area (Å²) in [6, 6.07) is 3.89. The lowest BCUT2D eigenvalue weighted by Crippen LogP contribution is -2.39. The van der Waals surface area contributed by atoms with Crippen molar-refractivity contribution >= 4 is 0 Å². The van der Waals surface area contributed by atoms with Crippen LogP contribution in [0.1, 0.15) is 37.1 Å². The molecule has 1 aromatic heterocycles. The summed E-state index contributed by atoms with van der Waals surface area (Å²) in [6.45, 7) is 4.26. The van der Waals surface area contributed by atoms with E-state index in [0.29, 0.717) is 18.3 Å². The Kier molecular flexibility index (Phi) is 5.81. The van der Waals surface area contributed by atoms with E-state index in [0.717, 1.165) is 37.8 Å². The van der Waals surface area contributed by atoms with E-state index >= 15 is 0 Å². The molecule has 1 aliphatic heterocycles. The van der Waals surface area contributed by atoms with Crippen LogP contribution in [0.25, 0.3) is 11.5 Å². The summed E-state index contributed by atoms with van der Waals surface area (Å²) in [5.74, 6) is -0.395. The van der Waals surface area contributed by atoms with Crippen molar-refractivity contribution in [2.75, 3.05) is 20.3 Å². The summed E-state index contributed by atoms with van der Waals surface area (Å²) in [6.07, 6.45) is 4.54. The van der Waals surface area contributed by atoms with Gasteiger partial charge in [-0.2, -0.15) is 0 Å². The van der Waals surface area contributed by atoms with Crippen LogP contribution in [0.15, 0.2) is 22.6 Å². The molecule has 1 fully saturated rings. The Morgan fingerprint density at radius 1 is 1.32 bits per heavy atom. The maximum atomic E-state index is 14.0. The highest BCUT2D eigenvalue weighted by Gasteiger charge is 2.25. The van der Waals surface area contributed by atoms with E-state index in [2.05, 4.69) is 9.88 Å². The number of halogens is 2. The van der Waals surface area contributed by atoms with Gasteiger partial charge in [0.1, 0.15) is 17.4 Å². The summed E-state index contributed by atoms with van der Waals surface area (Å²) < 4.78 is 37.9. The van der Waals surface area contributed by atoms with E-state index in [1.807, 2.05) is 6.92 Å². The third-order valence-corrected chi connectivity index (χ3v) is 4.81. The van der Waals surface area contributed by atoms with Crippen molar-refractivity contribution in [3.05, 3.63) is 41.3 Å². The molecule has 0 saturated carbocycles. The maximum absolute atomic E-state index is 14.0. The molecule has 1 aliphatic rings. The summed E-state index contributed by atoms with van der Waals surface area (Å²) in [5.41, 5.74) is 0.994. The number of benzene rings is 1. The number of hydrogen-bond acceptors (Lipinski definition) is 4. The first kappa shape index (κ1) is 18.0. The number of rotatable bonds is 6. The van der Waals surface area contributed by atoms with Crippen molar-refractivity contribution < 1.29 is 17.9 Å². The maximum Gasteiger partial charge on any atom is 0.229 e. The van der Waals surface area contributed by atoms with Gasteiger partial charge in [-0.15, -0.1) is 0 Å². The van der Waals surface area contributed by atoms with Crippen LogP contribution in [0.2, 0.25) is 0 Å².